The van der Waals surface area contributed by atoms with Gasteiger partial charge in [0.15, 0.2) is 6.10 Å². The standard InChI is InChI=1S/C29H31FN2O3/c1-3-26(29(34)31-19-20-9-6-5-7-10-20)35-24-14-13-21-15-16-32(27(33)4-2)28(25(21)18-24)22-11-8-12-23(30)17-22/h5-14,17-18,26,28H,3-4,15-16,19H2,1-2H3,(H,31,34). The molecule has 0 aromatic heterocycles. The van der Waals surface area contributed by atoms with Crippen LogP contribution in [0.2, 0.25) is 0 Å². The molecule has 35 heavy (non-hydrogen) atoms. The molecule has 1 aliphatic rings. The Hall–Kier alpha value is -3.67. The predicted octanol–water partition coefficient (Wildman–Crippen LogP) is 5.18. The number of carbonyl (C=O) groups is 2. The van der Waals surface area contributed by atoms with Gasteiger partial charge in [-0.1, -0.05) is 62.4 Å². The van der Waals surface area contributed by atoms with Crippen molar-refractivity contribution in [2.75, 3.05) is 6.54 Å². The van der Waals surface area contributed by atoms with Gasteiger partial charge in [-0.25, -0.2) is 4.39 Å². The van der Waals surface area contributed by atoms with Crippen LogP contribution in [0.1, 0.15) is 55.0 Å². The number of hydrogen-bond donors (Lipinski definition) is 1. The zero-order chi connectivity index (χ0) is 24.8. The lowest BCUT2D eigenvalue weighted by atomic mass is 9.87. The summed E-state index contributed by atoms with van der Waals surface area (Å²) < 4.78 is 20.2. The Balaban J connectivity index is 1.58. The number of rotatable bonds is 8. The van der Waals surface area contributed by atoms with Crippen LogP contribution in [0.15, 0.2) is 72.8 Å². The fourth-order valence-corrected chi connectivity index (χ4v) is 4.56. The zero-order valence-electron chi connectivity index (χ0n) is 20.2. The van der Waals surface area contributed by atoms with E-state index in [0.29, 0.717) is 38.1 Å². The topological polar surface area (TPSA) is 58.6 Å². The molecule has 3 aromatic carbocycles. The first-order valence-electron chi connectivity index (χ1n) is 12.2. The SMILES string of the molecule is CCC(=O)N1CCc2ccc(OC(CC)C(=O)NCc3ccccc3)cc2C1c1cccc(F)c1. The molecule has 0 saturated heterocycles. The van der Waals surface area contributed by atoms with Gasteiger partial charge in [0.05, 0.1) is 6.04 Å². The van der Waals surface area contributed by atoms with Crippen molar-refractivity contribution in [1.82, 2.24) is 10.2 Å². The molecule has 2 atom stereocenters. The van der Waals surface area contributed by atoms with Crippen LogP contribution >= 0.6 is 0 Å². The van der Waals surface area contributed by atoms with E-state index in [1.54, 1.807) is 6.07 Å². The molecule has 6 heteroatoms. The van der Waals surface area contributed by atoms with Crippen molar-refractivity contribution in [3.8, 4) is 5.75 Å². The minimum Gasteiger partial charge on any atom is -0.481 e. The highest BCUT2D eigenvalue weighted by atomic mass is 19.1. The van der Waals surface area contributed by atoms with Crippen molar-refractivity contribution in [3.05, 3.63) is 101 Å². The van der Waals surface area contributed by atoms with Crippen LogP contribution in [-0.2, 0) is 22.6 Å². The van der Waals surface area contributed by atoms with Gasteiger partial charge in [0.25, 0.3) is 5.91 Å². The number of nitrogens with zero attached hydrogens (tertiary/aromatic N) is 1. The molecule has 1 heterocycles. The number of fused-ring (bicyclic) bond motifs is 1. The summed E-state index contributed by atoms with van der Waals surface area (Å²) in [6, 6.07) is 21.5. The number of ether oxygens (including phenoxy) is 1. The highest BCUT2D eigenvalue weighted by Gasteiger charge is 2.32. The summed E-state index contributed by atoms with van der Waals surface area (Å²) in [4.78, 5) is 27.4. The first kappa shape index (κ1) is 24.5. The highest BCUT2D eigenvalue weighted by molar-refractivity contribution is 5.81. The summed E-state index contributed by atoms with van der Waals surface area (Å²) in [6.07, 6.45) is 0.936. The van der Waals surface area contributed by atoms with E-state index in [-0.39, 0.29) is 17.6 Å². The largest absolute Gasteiger partial charge is 0.481 e. The van der Waals surface area contributed by atoms with Gasteiger partial charge in [-0.2, -0.15) is 0 Å². The van der Waals surface area contributed by atoms with E-state index in [1.165, 1.54) is 12.1 Å². The van der Waals surface area contributed by atoms with Crippen molar-refractivity contribution in [3.63, 3.8) is 0 Å². The summed E-state index contributed by atoms with van der Waals surface area (Å²) in [5.74, 6) is 0.0474. The molecule has 5 nitrogen and oxygen atoms in total. The lowest BCUT2D eigenvalue weighted by molar-refractivity contribution is -0.133. The van der Waals surface area contributed by atoms with Crippen LogP contribution in [0.4, 0.5) is 4.39 Å². The molecule has 0 bridgehead atoms. The van der Waals surface area contributed by atoms with Gasteiger partial charge in [0, 0.05) is 19.5 Å². The predicted molar refractivity (Wildman–Crippen MR) is 133 cm³/mol. The van der Waals surface area contributed by atoms with Gasteiger partial charge in [0.2, 0.25) is 5.91 Å². The molecule has 0 spiro atoms. The molecule has 0 aliphatic carbocycles. The maximum atomic E-state index is 14.1. The summed E-state index contributed by atoms with van der Waals surface area (Å²) in [5, 5.41) is 2.94. The molecular formula is C29H31FN2O3. The second-order valence-electron chi connectivity index (χ2n) is 8.73. The average Bonchev–Trinajstić information content (AvgIpc) is 2.89. The summed E-state index contributed by atoms with van der Waals surface area (Å²) >= 11 is 0. The van der Waals surface area contributed by atoms with E-state index < -0.39 is 12.1 Å². The normalized spacial score (nSPS) is 15.7. The maximum absolute atomic E-state index is 14.1. The highest BCUT2D eigenvalue weighted by Crippen LogP contribution is 2.38. The van der Waals surface area contributed by atoms with Gasteiger partial charge in [-0.15, -0.1) is 0 Å². The lowest BCUT2D eigenvalue weighted by Crippen LogP contribution is -2.40. The van der Waals surface area contributed by atoms with E-state index >= 15 is 0 Å². The van der Waals surface area contributed by atoms with Gasteiger partial charge in [-0.3, -0.25) is 9.59 Å². The molecule has 0 fully saturated rings. The number of benzene rings is 3. The summed E-state index contributed by atoms with van der Waals surface area (Å²) in [7, 11) is 0. The number of amides is 2. The molecule has 0 saturated carbocycles. The number of nitrogens with one attached hydrogen (secondary N) is 1. The van der Waals surface area contributed by atoms with Gasteiger partial charge >= 0.3 is 0 Å². The van der Waals surface area contributed by atoms with Crippen molar-refractivity contribution in [2.24, 2.45) is 0 Å². The van der Waals surface area contributed by atoms with Gasteiger partial charge in [0.1, 0.15) is 11.6 Å². The molecule has 2 amide bonds. The Kier molecular flexibility index (Phi) is 7.80. The van der Waals surface area contributed by atoms with Crippen LogP contribution in [-0.4, -0.2) is 29.4 Å². The second kappa shape index (κ2) is 11.2. The van der Waals surface area contributed by atoms with Crippen LogP contribution in [0.3, 0.4) is 0 Å². The number of halogens is 1. The van der Waals surface area contributed by atoms with E-state index in [0.717, 1.165) is 22.3 Å². The monoisotopic (exact) mass is 474 g/mol. The fraction of sp³-hybridized carbons (Fsp3) is 0.310. The van der Waals surface area contributed by atoms with Gasteiger partial charge in [-0.05, 0) is 59.4 Å². The van der Waals surface area contributed by atoms with E-state index in [9.17, 15) is 14.0 Å². The number of carbonyl (C=O) groups excluding carboxylic acids is 2. The Morgan fingerprint density at radius 1 is 1.06 bits per heavy atom. The molecular weight excluding hydrogens is 443 g/mol. The second-order valence-corrected chi connectivity index (χ2v) is 8.73. The smallest absolute Gasteiger partial charge is 0.261 e. The minimum atomic E-state index is -0.652. The molecule has 2 unspecified atom stereocenters. The Morgan fingerprint density at radius 2 is 1.86 bits per heavy atom. The van der Waals surface area contributed by atoms with Crippen LogP contribution in [0, 0.1) is 5.82 Å². The molecule has 1 N–H and O–H groups in total. The van der Waals surface area contributed by atoms with E-state index in [2.05, 4.69) is 5.32 Å². The van der Waals surface area contributed by atoms with Crippen LogP contribution in [0.25, 0.3) is 0 Å². The van der Waals surface area contributed by atoms with Crippen molar-refractivity contribution in [2.45, 2.75) is 51.8 Å². The van der Waals surface area contributed by atoms with Crippen LogP contribution < -0.4 is 10.1 Å². The Bertz CT molecular complexity index is 1180. The Labute approximate surface area is 205 Å². The van der Waals surface area contributed by atoms with Crippen molar-refractivity contribution < 1.29 is 18.7 Å². The van der Waals surface area contributed by atoms with E-state index in [4.69, 9.17) is 4.74 Å². The van der Waals surface area contributed by atoms with Crippen molar-refractivity contribution >= 4 is 11.8 Å². The summed E-state index contributed by atoms with van der Waals surface area (Å²) in [6.45, 7) is 4.74. The Morgan fingerprint density at radius 3 is 2.57 bits per heavy atom. The first-order valence-corrected chi connectivity index (χ1v) is 12.2. The van der Waals surface area contributed by atoms with Gasteiger partial charge < -0.3 is 15.0 Å². The maximum Gasteiger partial charge on any atom is 0.261 e. The quantitative estimate of drug-likeness (QED) is 0.489. The summed E-state index contributed by atoms with van der Waals surface area (Å²) in [5.41, 5.74) is 3.73. The van der Waals surface area contributed by atoms with E-state index in [1.807, 2.05) is 73.3 Å². The minimum absolute atomic E-state index is 0.0166. The van der Waals surface area contributed by atoms with Crippen LogP contribution in [0.5, 0.6) is 5.75 Å². The van der Waals surface area contributed by atoms with Crippen molar-refractivity contribution in [1.29, 1.82) is 0 Å². The zero-order valence-corrected chi connectivity index (χ0v) is 20.2. The molecule has 4 rings (SSSR count). The molecule has 0 radical (unpaired) electrons. The number of hydrogen-bond acceptors (Lipinski definition) is 3. The average molecular weight is 475 g/mol. The lowest BCUT2D eigenvalue weighted by Gasteiger charge is -2.38. The molecule has 3 aromatic rings. The third kappa shape index (κ3) is 5.70. The molecule has 182 valence electrons. The third-order valence-corrected chi connectivity index (χ3v) is 6.38. The third-order valence-electron chi connectivity index (χ3n) is 6.38. The molecule has 1 aliphatic heterocycles. The fourth-order valence-electron chi connectivity index (χ4n) is 4.56. The first-order chi connectivity index (χ1) is 17.0.